The molecule has 142 valence electrons. The van der Waals surface area contributed by atoms with E-state index in [1.165, 1.54) is 14.0 Å². The van der Waals surface area contributed by atoms with Crippen LogP contribution >= 0.6 is 0 Å². The van der Waals surface area contributed by atoms with Crippen molar-refractivity contribution in [1.82, 2.24) is 5.32 Å². The molecule has 6 nitrogen and oxygen atoms in total. The topological polar surface area (TPSA) is 81.7 Å². The maximum absolute atomic E-state index is 12.5. The van der Waals surface area contributed by atoms with E-state index in [2.05, 4.69) is 5.32 Å². The SMILES string of the molecule is COc1cccc(C(=O)NCC(=O)O[C@@H](C)C(=O)c2cc(C)ccc2C)c1. The molecule has 0 bridgehead atoms. The number of Topliss-reactive ketones (excluding diaryl/α,β-unsaturated/α-hetero) is 1. The zero-order valence-electron chi connectivity index (χ0n) is 15.9. The molecule has 1 atom stereocenters. The number of hydrogen-bond acceptors (Lipinski definition) is 5. The minimum absolute atomic E-state index is 0.274. The van der Waals surface area contributed by atoms with Gasteiger partial charge in [0, 0.05) is 11.1 Å². The fourth-order valence-electron chi connectivity index (χ4n) is 2.53. The van der Waals surface area contributed by atoms with Crippen molar-refractivity contribution >= 4 is 17.7 Å². The van der Waals surface area contributed by atoms with Crippen LogP contribution in [0.2, 0.25) is 0 Å². The average Bonchev–Trinajstić information content (AvgIpc) is 2.67. The van der Waals surface area contributed by atoms with Crippen LogP contribution in [0.25, 0.3) is 0 Å². The van der Waals surface area contributed by atoms with E-state index in [4.69, 9.17) is 9.47 Å². The standard InChI is InChI=1S/C21H23NO5/c1-13-8-9-14(2)18(10-13)20(24)15(3)27-19(23)12-22-21(25)16-6-5-7-17(11-16)26-4/h5-11,15H,12H2,1-4H3,(H,22,25)/t15-/m0/s1. The van der Waals surface area contributed by atoms with Crippen molar-refractivity contribution in [3.8, 4) is 5.75 Å². The molecule has 0 fully saturated rings. The summed E-state index contributed by atoms with van der Waals surface area (Å²) in [6.07, 6.45) is -0.938. The number of carbonyl (C=O) groups is 3. The summed E-state index contributed by atoms with van der Waals surface area (Å²) in [5, 5.41) is 2.47. The number of esters is 1. The van der Waals surface area contributed by atoms with E-state index in [0.29, 0.717) is 16.9 Å². The molecule has 6 heteroatoms. The molecule has 0 spiro atoms. The Kier molecular flexibility index (Phi) is 6.71. The predicted octanol–water partition coefficient (Wildman–Crippen LogP) is 2.86. The summed E-state index contributed by atoms with van der Waals surface area (Å²) in [5.41, 5.74) is 2.66. The van der Waals surface area contributed by atoms with Gasteiger partial charge >= 0.3 is 5.97 Å². The van der Waals surface area contributed by atoms with Gasteiger partial charge in [0.05, 0.1) is 7.11 Å². The molecular formula is C21H23NO5. The lowest BCUT2D eigenvalue weighted by Gasteiger charge is -2.14. The highest BCUT2D eigenvalue weighted by Gasteiger charge is 2.21. The highest BCUT2D eigenvalue weighted by molar-refractivity contribution is 6.02. The number of rotatable bonds is 7. The first-order chi connectivity index (χ1) is 12.8. The van der Waals surface area contributed by atoms with Crippen molar-refractivity contribution in [2.45, 2.75) is 26.9 Å². The molecule has 2 rings (SSSR count). The Morgan fingerprint density at radius 1 is 1.07 bits per heavy atom. The lowest BCUT2D eigenvalue weighted by atomic mass is 9.99. The quantitative estimate of drug-likeness (QED) is 0.599. The highest BCUT2D eigenvalue weighted by atomic mass is 16.5. The van der Waals surface area contributed by atoms with E-state index in [1.54, 1.807) is 30.3 Å². The zero-order valence-corrected chi connectivity index (χ0v) is 15.9. The van der Waals surface area contributed by atoms with Crippen molar-refractivity contribution in [2.75, 3.05) is 13.7 Å². The van der Waals surface area contributed by atoms with Gasteiger partial charge in [0.25, 0.3) is 5.91 Å². The van der Waals surface area contributed by atoms with Crippen LogP contribution in [0, 0.1) is 13.8 Å². The van der Waals surface area contributed by atoms with E-state index in [1.807, 2.05) is 26.0 Å². The third kappa shape index (κ3) is 5.41. The summed E-state index contributed by atoms with van der Waals surface area (Å²) in [5.74, 6) is -0.849. The molecule has 2 aromatic carbocycles. The van der Waals surface area contributed by atoms with E-state index in [9.17, 15) is 14.4 Å². The fraction of sp³-hybridized carbons (Fsp3) is 0.286. The number of ketones is 1. The average molecular weight is 369 g/mol. The first-order valence-corrected chi connectivity index (χ1v) is 8.55. The molecule has 0 aliphatic rings. The second kappa shape index (κ2) is 8.98. The van der Waals surface area contributed by atoms with Gasteiger partial charge in [-0.05, 0) is 50.6 Å². The van der Waals surface area contributed by atoms with Gasteiger partial charge in [-0.3, -0.25) is 14.4 Å². The Morgan fingerprint density at radius 3 is 2.52 bits per heavy atom. The fourth-order valence-corrected chi connectivity index (χ4v) is 2.53. The number of methoxy groups -OCH3 is 1. The van der Waals surface area contributed by atoms with Crippen molar-refractivity contribution in [3.63, 3.8) is 0 Å². The maximum atomic E-state index is 12.5. The van der Waals surface area contributed by atoms with Gasteiger partial charge < -0.3 is 14.8 Å². The number of ether oxygens (including phenoxy) is 2. The van der Waals surface area contributed by atoms with E-state index >= 15 is 0 Å². The Morgan fingerprint density at radius 2 is 1.81 bits per heavy atom. The number of amides is 1. The summed E-state index contributed by atoms with van der Waals surface area (Å²) in [4.78, 5) is 36.6. The summed E-state index contributed by atoms with van der Waals surface area (Å²) >= 11 is 0. The van der Waals surface area contributed by atoms with Crippen LogP contribution in [0.15, 0.2) is 42.5 Å². The molecule has 0 saturated heterocycles. The molecule has 0 heterocycles. The molecule has 0 aromatic heterocycles. The van der Waals surface area contributed by atoms with Crippen LogP contribution in [0.1, 0.15) is 38.8 Å². The number of hydrogen-bond donors (Lipinski definition) is 1. The van der Waals surface area contributed by atoms with Gasteiger partial charge in [0.2, 0.25) is 5.78 Å². The van der Waals surface area contributed by atoms with E-state index < -0.39 is 18.0 Å². The molecule has 1 amide bonds. The van der Waals surface area contributed by atoms with Gasteiger partial charge in [-0.2, -0.15) is 0 Å². The third-order valence-corrected chi connectivity index (χ3v) is 4.06. The van der Waals surface area contributed by atoms with Gasteiger partial charge in [0.1, 0.15) is 12.3 Å². The molecular weight excluding hydrogens is 346 g/mol. The number of aryl methyl sites for hydroxylation is 2. The molecule has 1 N–H and O–H groups in total. The predicted molar refractivity (Wildman–Crippen MR) is 101 cm³/mol. The van der Waals surface area contributed by atoms with Crippen LogP contribution < -0.4 is 10.1 Å². The Hall–Kier alpha value is -3.15. The zero-order chi connectivity index (χ0) is 20.0. The van der Waals surface area contributed by atoms with Crippen molar-refractivity contribution in [3.05, 3.63) is 64.7 Å². The molecule has 0 unspecified atom stereocenters. The van der Waals surface area contributed by atoms with Crippen LogP contribution in [0.3, 0.4) is 0 Å². The number of benzene rings is 2. The van der Waals surface area contributed by atoms with Crippen molar-refractivity contribution < 1.29 is 23.9 Å². The van der Waals surface area contributed by atoms with Crippen molar-refractivity contribution in [1.29, 1.82) is 0 Å². The normalized spacial score (nSPS) is 11.4. The Labute approximate surface area is 158 Å². The van der Waals surface area contributed by atoms with Crippen LogP contribution in [0.4, 0.5) is 0 Å². The summed E-state index contributed by atoms with van der Waals surface area (Å²) < 4.78 is 10.2. The van der Waals surface area contributed by atoms with Gasteiger partial charge in [-0.15, -0.1) is 0 Å². The number of nitrogens with one attached hydrogen (secondary N) is 1. The minimum atomic E-state index is -0.938. The monoisotopic (exact) mass is 369 g/mol. The lowest BCUT2D eigenvalue weighted by molar-refractivity contribution is -0.145. The van der Waals surface area contributed by atoms with Crippen molar-refractivity contribution in [2.24, 2.45) is 0 Å². The molecule has 0 aliphatic carbocycles. The lowest BCUT2D eigenvalue weighted by Crippen LogP contribution is -2.34. The first-order valence-electron chi connectivity index (χ1n) is 8.55. The molecule has 0 aliphatic heterocycles. The second-order valence-electron chi connectivity index (χ2n) is 6.23. The van der Waals surface area contributed by atoms with Gasteiger partial charge in [-0.25, -0.2) is 0 Å². The van der Waals surface area contributed by atoms with E-state index in [0.717, 1.165) is 11.1 Å². The summed E-state index contributed by atoms with van der Waals surface area (Å²) in [6.45, 7) is 4.91. The van der Waals surface area contributed by atoms with Crippen LogP contribution in [-0.2, 0) is 9.53 Å². The smallest absolute Gasteiger partial charge is 0.326 e. The molecule has 0 saturated carbocycles. The molecule has 0 radical (unpaired) electrons. The summed E-state index contributed by atoms with van der Waals surface area (Å²) in [6, 6.07) is 12.1. The maximum Gasteiger partial charge on any atom is 0.326 e. The largest absolute Gasteiger partial charge is 0.497 e. The van der Waals surface area contributed by atoms with Crippen LogP contribution in [0.5, 0.6) is 5.75 Å². The van der Waals surface area contributed by atoms with Gasteiger partial charge in [-0.1, -0.05) is 23.8 Å². The molecule has 27 heavy (non-hydrogen) atoms. The van der Waals surface area contributed by atoms with E-state index in [-0.39, 0.29) is 12.3 Å². The number of carbonyl (C=O) groups excluding carboxylic acids is 3. The molecule has 2 aromatic rings. The first kappa shape index (κ1) is 20.2. The summed E-state index contributed by atoms with van der Waals surface area (Å²) in [7, 11) is 1.50. The third-order valence-electron chi connectivity index (χ3n) is 4.06. The second-order valence-corrected chi connectivity index (χ2v) is 6.23. The Balaban J connectivity index is 1.91. The van der Waals surface area contributed by atoms with Crippen LogP contribution in [-0.4, -0.2) is 37.4 Å². The Bertz CT molecular complexity index is 859. The van der Waals surface area contributed by atoms with Gasteiger partial charge in [0.15, 0.2) is 6.10 Å². The highest BCUT2D eigenvalue weighted by Crippen LogP contribution is 2.15. The minimum Gasteiger partial charge on any atom is -0.497 e.